The lowest BCUT2D eigenvalue weighted by Crippen LogP contribution is -2.25. The highest BCUT2D eigenvalue weighted by Crippen LogP contribution is 2.11. The van der Waals surface area contributed by atoms with Gasteiger partial charge in [-0.1, -0.05) is 29.8 Å². The summed E-state index contributed by atoms with van der Waals surface area (Å²) in [4.78, 5) is 13.8. The van der Waals surface area contributed by atoms with Gasteiger partial charge in [-0.25, -0.2) is 0 Å². The number of halogens is 1. The van der Waals surface area contributed by atoms with Crippen LogP contribution in [0.3, 0.4) is 0 Å². The molecule has 3 aromatic rings. The molecule has 5 nitrogen and oxygen atoms in total. The minimum Gasteiger partial charge on any atom is -0.335 e. The maximum Gasteiger partial charge on any atom is 0.246 e. The number of amides is 1. The highest BCUT2D eigenvalue weighted by atomic mass is 35.5. The van der Waals surface area contributed by atoms with Gasteiger partial charge in [-0.15, -0.1) is 10.2 Å². The third-order valence-electron chi connectivity index (χ3n) is 3.43. The van der Waals surface area contributed by atoms with E-state index in [9.17, 15) is 4.79 Å². The number of aromatic nitrogens is 3. The Hall–Kier alpha value is -2.66. The van der Waals surface area contributed by atoms with E-state index < -0.39 is 0 Å². The summed E-state index contributed by atoms with van der Waals surface area (Å²) in [5, 5.41) is 8.87. The van der Waals surface area contributed by atoms with Gasteiger partial charge in [0.05, 0.1) is 6.54 Å². The standard InChI is InChI=1S/C17H15ClN4O/c1-21(12-16-20-19-15-4-2-3-11-22(15)16)17(23)10-7-13-5-8-14(18)9-6-13/h2-11H,12H2,1H3. The fourth-order valence-corrected chi connectivity index (χ4v) is 2.28. The largest absolute Gasteiger partial charge is 0.335 e. The summed E-state index contributed by atoms with van der Waals surface area (Å²) in [7, 11) is 1.73. The summed E-state index contributed by atoms with van der Waals surface area (Å²) >= 11 is 5.84. The Morgan fingerprint density at radius 3 is 2.78 bits per heavy atom. The molecule has 0 aliphatic heterocycles. The zero-order valence-corrected chi connectivity index (χ0v) is 13.3. The molecule has 0 atom stereocenters. The fraction of sp³-hybridized carbons (Fsp3) is 0.118. The lowest BCUT2D eigenvalue weighted by atomic mass is 10.2. The van der Waals surface area contributed by atoms with Crippen molar-refractivity contribution in [2.45, 2.75) is 6.54 Å². The van der Waals surface area contributed by atoms with Crippen molar-refractivity contribution in [3.8, 4) is 0 Å². The van der Waals surface area contributed by atoms with Crippen molar-refractivity contribution < 1.29 is 4.79 Å². The Bertz CT molecular complexity index is 854. The van der Waals surface area contributed by atoms with Gasteiger partial charge >= 0.3 is 0 Å². The van der Waals surface area contributed by atoms with Crippen LogP contribution in [0, 0.1) is 0 Å². The number of carbonyl (C=O) groups excluding carboxylic acids is 1. The number of hydrogen-bond donors (Lipinski definition) is 0. The molecule has 116 valence electrons. The van der Waals surface area contributed by atoms with Crippen LogP contribution < -0.4 is 0 Å². The van der Waals surface area contributed by atoms with Crippen molar-refractivity contribution in [3.05, 3.63) is 71.1 Å². The highest BCUT2D eigenvalue weighted by Gasteiger charge is 2.10. The summed E-state index contributed by atoms with van der Waals surface area (Å²) in [6.45, 7) is 0.384. The molecule has 1 aromatic carbocycles. The van der Waals surface area contributed by atoms with Gasteiger partial charge in [0.2, 0.25) is 5.91 Å². The third kappa shape index (κ3) is 3.57. The highest BCUT2D eigenvalue weighted by molar-refractivity contribution is 6.30. The molecule has 0 saturated heterocycles. The predicted molar refractivity (Wildman–Crippen MR) is 89.9 cm³/mol. The first-order valence-electron chi connectivity index (χ1n) is 7.11. The number of nitrogens with zero attached hydrogens (tertiary/aromatic N) is 4. The molecule has 23 heavy (non-hydrogen) atoms. The van der Waals surface area contributed by atoms with Crippen LogP contribution in [-0.4, -0.2) is 32.5 Å². The molecule has 0 N–H and O–H groups in total. The minimum atomic E-state index is -0.104. The van der Waals surface area contributed by atoms with Crippen molar-refractivity contribution in [2.24, 2.45) is 0 Å². The van der Waals surface area contributed by atoms with E-state index in [1.54, 1.807) is 30.2 Å². The van der Waals surface area contributed by atoms with Crippen LogP contribution in [0.2, 0.25) is 5.02 Å². The van der Waals surface area contributed by atoms with E-state index in [1.807, 2.05) is 40.9 Å². The van der Waals surface area contributed by atoms with Gasteiger partial charge in [-0.3, -0.25) is 9.20 Å². The minimum absolute atomic E-state index is 0.104. The van der Waals surface area contributed by atoms with E-state index in [2.05, 4.69) is 10.2 Å². The van der Waals surface area contributed by atoms with Crippen molar-refractivity contribution in [1.82, 2.24) is 19.5 Å². The summed E-state index contributed by atoms with van der Waals surface area (Å²) in [6, 6.07) is 13.0. The number of rotatable bonds is 4. The maximum atomic E-state index is 12.2. The van der Waals surface area contributed by atoms with Gasteiger partial charge in [-0.05, 0) is 35.9 Å². The van der Waals surface area contributed by atoms with Gasteiger partial charge in [0, 0.05) is 24.3 Å². The van der Waals surface area contributed by atoms with E-state index in [1.165, 1.54) is 6.08 Å². The second-order valence-corrected chi connectivity index (χ2v) is 5.56. The molecule has 0 spiro atoms. The normalized spacial score (nSPS) is 11.2. The molecular weight excluding hydrogens is 312 g/mol. The second-order valence-electron chi connectivity index (χ2n) is 5.12. The molecule has 0 fully saturated rings. The quantitative estimate of drug-likeness (QED) is 0.692. The van der Waals surface area contributed by atoms with Crippen LogP contribution in [0.15, 0.2) is 54.7 Å². The van der Waals surface area contributed by atoms with Gasteiger partial charge in [0.15, 0.2) is 11.5 Å². The summed E-state index contributed by atoms with van der Waals surface area (Å²) < 4.78 is 1.87. The lowest BCUT2D eigenvalue weighted by molar-refractivity contribution is -0.125. The van der Waals surface area contributed by atoms with Crippen molar-refractivity contribution in [2.75, 3.05) is 7.05 Å². The Labute approximate surface area is 138 Å². The molecule has 1 amide bonds. The van der Waals surface area contributed by atoms with Crippen LogP contribution in [0.1, 0.15) is 11.4 Å². The Morgan fingerprint density at radius 1 is 1.22 bits per heavy atom. The Morgan fingerprint density at radius 2 is 2.00 bits per heavy atom. The Balaban J connectivity index is 1.69. The first kappa shape index (κ1) is 15.2. The monoisotopic (exact) mass is 326 g/mol. The number of benzene rings is 1. The fourth-order valence-electron chi connectivity index (χ4n) is 2.16. The Kier molecular flexibility index (Phi) is 4.39. The third-order valence-corrected chi connectivity index (χ3v) is 3.68. The summed E-state index contributed by atoms with van der Waals surface area (Å²) in [6.07, 6.45) is 5.18. The van der Waals surface area contributed by atoms with Crippen LogP contribution in [0.4, 0.5) is 0 Å². The molecule has 0 unspecified atom stereocenters. The molecule has 2 aromatic heterocycles. The number of hydrogen-bond acceptors (Lipinski definition) is 3. The molecule has 0 aliphatic rings. The predicted octanol–water partition coefficient (Wildman–Crippen LogP) is 3.05. The van der Waals surface area contributed by atoms with Crippen molar-refractivity contribution in [1.29, 1.82) is 0 Å². The van der Waals surface area contributed by atoms with Crippen LogP contribution in [0.5, 0.6) is 0 Å². The van der Waals surface area contributed by atoms with E-state index >= 15 is 0 Å². The molecular formula is C17H15ClN4O. The number of fused-ring (bicyclic) bond motifs is 1. The van der Waals surface area contributed by atoms with Gasteiger partial charge in [0.1, 0.15) is 0 Å². The maximum absolute atomic E-state index is 12.2. The molecule has 0 bridgehead atoms. The topological polar surface area (TPSA) is 50.5 Å². The molecule has 0 radical (unpaired) electrons. The van der Waals surface area contributed by atoms with Crippen LogP contribution >= 0.6 is 11.6 Å². The number of carbonyl (C=O) groups is 1. The average Bonchev–Trinajstić information content (AvgIpc) is 2.97. The van der Waals surface area contributed by atoms with E-state index in [0.29, 0.717) is 11.6 Å². The molecule has 6 heteroatoms. The average molecular weight is 327 g/mol. The number of likely N-dealkylation sites (N-methyl/N-ethyl adjacent to an activating group) is 1. The second kappa shape index (κ2) is 6.62. The molecule has 3 rings (SSSR count). The first-order valence-corrected chi connectivity index (χ1v) is 7.49. The van der Waals surface area contributed by atoms with Crippen molar-refractivity contribution in [3.63, 3.8) is 0 Å². The SMILES string of the molecule is CN(Cc1nnc2ccccn12)C(=O)C=Cc1ccc(Cl)cc1. The first-order chi connectivity index (χ1) is 11.1. The molecule has 2 heterocycles. The van der Waals surface area contributed by atoms with Gasteiger partial charge in [0.25, 0.3) is 0 Å². The summed E-state index contributed by atoms with van der Waals surface area (Å²) in [5.41, 5.74) is 1.68. The van der Waals surface area contributed by atoms with Gasteiger partial charge in [-0.2, -0.15) is 0 Å². The molecule has 0 saturated carbocycles. The zero-order chi connectivity index (χ0) is 16.2. The van der Waals surface area contributed by atoms with E-state index in [4.69, 9.17) is 11.6 Å². The summed E-state index contributed by atoms with van der Waals surface area (Å²) in [5.74, 6) is 0.615. The van der Waals surface area contributed by atoms with Crippen molar-refractivity contribution >= 4 is 29.2 Å². The van der Waals surface area contributed by atoms with Crippen LogP contribution in [0.25, 0.3) is 11.7 Å². The lowest BCUT2D eigenvalue weighted by Gasteiger charge is -2.13. The van der Waals surface area contributed by atoms with E-state index in [0.717, 1.165) is 17.0 Å². The zero-order valence-electron chi connectivity index (χ0n) is 12.6. The molecule has 0 aliphatic carbocycles. The van der Waals surface area contributed by atoms with Gasteiger partial charge < -0.3 is 4.90 Å². The smallest absolute Gasteiger partial charge is 0.246 e. The number of pyridine rings is 1. The van der Waals surface area contributed by atoms with Crippen LogP contribution in [-0.2, 0) is 11.3 Å². The van der Waals surface area contributed by atoms with E-state index in [-0.39, 0.29) is 5.91 Å².